The molecule has 1 aliphatic heterocycles. The molecule has 0 bridgehead atoms. The minimum Gasteiger partial charge on any atom is -0.486 e. The second kappa shape index (κ2) is 7.67. The minimum atomic E-state index is -0.173. The summed E-state index contributed by atoms with van der Waals surface area (Å²) in [6.45, 7) is 5.63. The second-order valence-corrected chi connectivity index (χ2v) is 7.45. The third kappa shape index (κ3) is 3.75. The average molecular weight is 442 g/mol. The number of nitrogens with zero attached hydrogens (tertiary/aromatic N) is 2. The maximum atomic E-state index is 12.7. The van der Waals surface area contributed by atoms with E-state index in [-0.39, 0.29) is 5.91 Å². The molecule has 6 nitrogen and oxygen atoms in total. The predicted octanol–water partition coefficient (Wildman–Crippen LogP) is 4.33. The van der Waals surface area contributed by atoms with Crippen LogP contribution in [0.3, 0.4) is 0 Å². The highest BCUT2D eigenvalue weighted by molar-refractivity contribution is 9.10. The van der Waals surface area contributed by atoms with Gasteiger partial charge in [0.25, 0.3) is 5.91 Å². The average Bonchev–Trinajstić information content (AvgIpc) is 2.94. The molecule has 28 heavy (non-hydrogen) atoms. The molecule has 7 heteroatoms. The lowest BCUT2D eigenvalue weighted by Gasteiger charge is -2.19. The Morgan fingerprint density at radius 1 is 1.14 bits per heavy atom. The molecule has 0 atom stereocenters. The van der Waals surface area contributed by atoms with Crippen LogP contribution in [-0.4, -0.2) is 28.9 Å². The summed E-state index contributed by atoms with van der Waals surface area (Å²) in [4.78, 5) is 12.7. The van der Waals surface area contributed by atoms with Crippen molar-refractivity contribution in [2.45, 2.75) is 20.4 Å². The maximum absolute atomic E-state index is 12.7. The van der Waals surface area contributed by atoms with Gasteiger partial charge in [0.1, 0.15) is 13.2 Å². The molecule has 1 aliphatic rings. The zero-order valence-corrected chi connectivity index (χ0v) is 17.2. The lowest BCUT2D eigenvalue weighted by molar-refractivity contribution is 0.102. The van der Waals surface area contributed by atoms with Crippen LogP contribution >= 0.6 is 15.9 Å². The maximum Gasteiger partial charge on any atom is 0.255 e. The fourth-order valence-corrected chi connectivity index (χ4v) is 3.42. The monoisotopic (exact) mass is 441 g/mol. The molecule has 0 saturated carbocycles. The van der Waals surface area contributed by atoms with Crippen LogP contribution < -0.4 is 14.8 Å². The molecule has 1 amide bonds. The van der Waals surface area contributed by atoms with E-state index < -0.39 is 0 Å². The highest BCUT2D eigenvalue weighted by atomic mass is 79.9. The molecule has 1 aromatic heterocycles. The van der Waals surface area contributed by atoms with Crippen LogP contribution in [0.5, 0.6) is 11.5 Å². The number of fused-ring (bicyclic) bond motifs is 1. The quantitative estimate of drug-likeness (QED) is 0.653. The number of anilines is 1. The van der Waals surface area contributed by atoms with Gasteiger partial charge in [0.15, 0.2) is 11.5 Å². The van der Waals surface area contributed by atoms with Crippen molar-refractivity contribution < 1.29 is 14.3 Å². The number of ether oxygens (including phenoxy) is 2. The normalized spacial score (nSPS) is 12.7. The van der Waals surface area contributed by atoms with E-state index in [1.807, 2.05) is 42.8 Å². The van der Waals surface area contributed by atoms with Crippen LogP contribution in [0.2, 0.25) is 0 Å². The van der Waals surface area contributed by atoms with Gasteiger partial charge in [0.05, 0.1) is 22.4 Å². The number of nitrogens with one attached hydrogen (secondary N) is 1. The molecule has 0 fully saturated rings. The van der Waals surface area contributed by atoms with Crippen molar-refractivity contribution in [2.24, 2.45) is 0 Å². The van der Waals surface area contributed by atoms with Crippen molar-refractivity contribution in [1.29, 1.82) is 0 Å². The number of carbonyl (C=O) groups is 1. The van der Waals surface area contributed by atoms with Gasteiger partial charge in [0.2, 0.25) is 0 Å². The smallest absolute Gasteiger partial charge is 0.255 e. The van der Waals surface area contributed by atoms with E-state index in [0.717, 1.165) is 21.4 Å². The van der Waals surface area contributed by atoms with Crippen LogP contribution in [0.1, 0.15) is 27.3 Å². The van der Waals surface area contributed by atoms with Crippen LogP contribution in [0, 0.1) is 13.8 Å². The summed E-state index contributed by atoms with van der Waals surface area (Å²) < 4.78 is 14.0. The topological polar surface area (TPSA) is 65.4 Å². The molecular formula is C21H20BrN3O3. The van der Waals surface area contributed by atoms with Crippen LogP contribution in [-0.2, 0) is 6.54 Å². The van der Waals surface area contributed by atoms with Gasteiger partial charge < -0.3 is 14.8 Å². The Balaban J connectivity index is 1.50. The van der Waals surface area contributed by atoms with Gasteiger partial charge in [-0.1, -0.05) is 12.1 Å². The van der Waals surface area contributed by atoms with Crippen LogP contribution in [0.15, 0.2) is 46.9 Å². The van der Waals surface area contributed by atoms with Gasteiger partial charge in [0, 0.05) is 17.3 Å². The molecule has 0 radical (unpaired) electrons. The summed E-state index contributed by atoms with van der Waals surface area (Å²) in [5.41, 5.74) is 4.27. The second-order valence-electron chi connectivity index (χ2n) is 6.66. The van der Waals surface area contributed by atoms with E-state index in [1.54, 1.807) is 18.2 Å². The first-order valence-electron chi connectivity index (χ1n) is 9.01. The van der Waals surface area contributed by atoms with Crippen molar-refractivity contribution in [1.82, 2.24) is 9.78 Å². The van der Waals surface area contributed by atoms with Gasteiger partial charge in [-0.15, -0.1) is 0 Å². The largest absolute Gasteiger partial charge is 0.486 e. The van der Waals surface area contributed by atoms with Gasteiger partial charge in [-0.05, 0) is 59.6 Å². The molecular weight excluding hydrogens is 422 g/mol. The van der Waals surface area contributed by atoms with Crippen molar-refractivity contribution in [3.63, 3.8) is 0 Å². The third-order valence-electron chi connectivity index (χ3n) is 4.61. The Morgan fingerprint density at radius 3 is 2.68 bits per heavy atom. The van der Waals surface area contributed by atoms with Gasteiger partial charge >= 0.3 is 0 Å². The first-order valence-corrected chi connectivity index (χ1v) is 9.80. The first kappa shape index (κ1) is 18.6. The van der Waals surface area contributed by atoms with E-state index in [0.29, 0.717) is 42.5 Å². The Labute approximate surface area is 171 Å². The number of amides is 1. The Bertz CT molecular complexity index is 1050. The van der Waals surface area contributed by atoms with E-state index in [9.17, 15) is 4.79 Å². The number of aromatic nitrogens is 2. The van der Waals surface area contributed by atoms with Crippen LogP contribution in [0.25, 0.3) is 0 Å². The number of halogens is 1. The summed E-state index contributed by atoms with van der Waals surface area (Å²) in [5.74, 6) is 1.17. The van der Waals surface area contributed by atoms with Crippen molar-refractivity contribution in [3.05, 3.63) is 69.5 Å². The van der Waals surface area contributed by atoms with E-state index >= 15 is 0 Å². The molecule has 2 aromatic carbocycles. The predicted molar refractivity (Wildman–Crippen MR) is 110 cm³/mol. The molecule has 0 unspecified atom stereocenters. The van der Waals surface area contributed by atoms with Crippen molar-refractivity contribution in [2.75, 3.05) is 18.5 Å². The molecule has 4 rings (SSSR count). The standard InChI is InChI=1S/C21H20BrN3O3/c1-13-20(22)14(2)25(24-13)12-15-4-3-5-16(10-15)21(26)23-17-6-7-18-19(11-17)28-9-8-27-18/h3-7,10-11H,8-9,12H2,1-2H3,(H,23,26). The fraction of sp³-hybridized carbons (Fsp3) is 0.238. The first-order chi connectivity index (χ1) is 13.5. The summed E-state index contributed by atoms with van der Waals surface area (Å²) >= 11 is 3.55. The van der Waals surface area contributed by atoms with Gasteiger partial charge in [-0.3, -0.25) is 9.48 Å². The number of carbonyl (C=O) groups excluding carboxylic acids is 1. The number of rotatable bonds is 4. The number of hydrogen-bond donors (Lipinski definition) is 1. The van der Waals surface area contributed by atoms with E-state index in [2.05, 4.69) is 26.3 Å². The number of benzene rings is 2. The Hall–Kier alpha value is -2.80. The third-order valence-corrected chi connectivity index (χ3v) is 5.76. The van der Waals surface area contributed by atoms with E-state index in [4.69, 9.17) is 9.47 Å². The zero-order chi connectivity index (χ0) is 19.7. The summed E-state index contributed by atoms with van der Waals surface area (Å²) in [6, 6.07) is 13.0. The lowest BCUT2D eigenvalue weighted by atomic mass is 10.1. The van der Waals surface area contributed by atoms with Crippen molar-refractivity contribution in [3.8, 4) is 11.5 Å². The Morgan fingerprint density at radius 2 is 1.93 bits per heavy atom. The van der Waals surface area contributed by atoms with Gasteiger partial charge in [-0.2, -0.15) is 5.10 Å². The zero-order valence-electron chi connectivity index (χ0n) is 15.7. The minimum absolute atomic E-state index is 0.173. The lowest BCUT2D eigenvalue weighted by Crippen LogP contribution is -2.16. The summed E-state index contributed by atoms with van der Waals surface area (Å²) in [5, 5.41) is 7.45. The van der Waals surface area contributed by atoms with Gasteiger partial charge in [-0.25, -0.2) is 0 Å². The molecule has 2 heterocycles. The van der Waals surface area contributed by atoms with Crippen LogP contribution in [0.4, 0.5) is 5.69 Å². The highest BCUT2D eigenvalue weighted by Crippen LogP contribution is 2.32. The fourth-order valence-electron chi connectivity index (χ4n) is 3.14. The SMILES string of the molecule is Cc1nn(Cc2cccc(C(=O)Nc3ccc4c(c3)OCCO4)c2)c(C)c1Br. The molecule has 3 aromatic rings. The molecule has 0 aliphatic carbocycles. The number of aryl methyl sites for hydroxylation is 1. The molecule has 0 spiro atoms. The summed E-state index contributed by atoms with van der Waals surface area (Å²) in [6.07, 6.45) is 0. The summed E-state index contributed by atoms with van der Waals surface area (Å²) in [7, 11) is 0. The molecule has 0 saturated heterocycles. The molecule has 144 valence electrons. The highest BCUT2D eigenvalue weighted by Gasteiger charge is 2.14. The van der Waals surface area contributed by atoms with Crippen molar-refractivity contribution >= 4 is 27.5 Å². The Kier molecular flexibility index (Phi) is 5.09. The van der Waals surface area contributed by atoms with E-state index in [1.165, 1.54) is 0 Å². The molecule has 1 N–H and O–H groups in total. The number of hydrogen-bond acceptors (Lipinski definition) is 4.